The SMILES string of the molecule is Cc1cnc2[nH]cc(C(=O)c3c(F)ccc(NSc4ccc(C(C)(C)C)cc4)c3F)c2c1. The number of aromatic amines is 1. The van der Waals surface area contributed by atoms with E-state index in [-0.39, 0.29) is 16.7 Å². The number of hydrogen-bond donors (Lipinski definition) is 2. The Morgan fingerprint density at radius 3 is 2.50 bits per heavy atom. The predicted molar refractivity (Wildman–Crippen MR) is 125 cm³/mol. The van der Waals surface area contributed by atoms with Crippen LogP contribution < -0.4 is 4.72 Å². The molecular formula is C25H23F2N3OS. The molecular weight excluding hydrogens is 428 g/mol. The summed E-state index contributed by atoms with van der Waals surface area (Å²) in [6.07, 6.45) is 3.09. The number of ketones is 1. The van der Waals surface area contributed by atoms with Gasteiger partial charge in [-0.1, -0.05) is 32.9 Å². The van der Waals surface area contributed by atoms with E-state index in [1.54, 1.807) is 12.3 Å². The lowest BCUT2D eigenvalue weighted by Gasteiger charge is -2.19. The molecule has 164 valence electrons. The van der Waals surface area contributed by atoms with E-state index in [0.29, 0.717) is 11.0 Å². The van der Waals surface area contributed by atoms with Crippen LogP contribution in [-0.2, 0) is 5.41 Å². The maximum absolute atomic E-state index is 15.2. The third-order valence-corrected chi connectivity index (χ3v) is 6.06. The molecule has 0 spiro atoms. The fourth-order valence-electron chi connectivity index (χ4n) is 3.41. The lowest BCUT2D eigenvalue weighted by atomic mass is 9.87. The molecule has 4 aromatic rings. The first-order chi connectivity index (χ1) is 15.1. The summed E-state index contributed by atoms with van der Waals surface area (Å²) in [5.74, 6) is -2.57. The first-order valence-corrected chi connectivity index (χ1v) is 11.0. The van der Waals surface area contributed by atoms with Crippen molar-refractivity contribution in [2.75, 3.05) is 4.72 Å². The van der Waals surface area contributed by atoms with Crippen molar-refractivity contribution in [3.8, 4) is 0 Å². The summed E-state index contributed by atoms with van der Waals surface area (Å²) >= 11 is 1.20. The van der Waals surface area contributed by atoms with Crippen LogP contribution >= 0.6 is 11.9 Å². The van der Waals surface area contributed by atoms with Crippen molar-refractivity contribution in [1.29, 1.82) is 0 Å². The van der Waals surface area contributed by atoms with E-state index in [4.69, 9.17) is 0 Å². The molecule has 0 aliphatic heterocycles. The number of carbonyl (C=O) groups is 1. The van der Waals surface area contributed by atoms with Gasteiger partial charge < -0.3 is 9.71 Å². The van der Waals surface area contributed by atoms with E-state index < -0.39 is 23.0 Å². The summed E-state index contributed by atoms with van der Waals surface area (Å²) < 4.78 is 32.7. The van der Waals surface area contributed by atoms with Gasteiger partial charge in [-0.2, -0.15) is 0 Å². The molecule has 0 bridgehead atoms. The van der Waals surface area contributed by atoms with Gasteiger partial charge >= 0.3 is 0 Å². The minimum Gasteiger partial charge on any atom is -0.345 e. The van der Waals surface area contributed by atoms with Crippen molar-refractivity contribution in [1.82, 2.24) is 9.97 Å². The summed E-state index contributed by atoms with van der Waals surface area (Å²) in [6.45, 7) is 8.23. The van der Waals surface area contributed by atoms with Crippen molar-refractivity contribution < 1.29 is 13.6 Å². The Kier molecular flexibility index (Phi) is 5.77. The number of halogens is 2. The first-order valence-electron chi connectivity index (χ1n) is 10.1. The van der Waals surface area contributed by atoms with E-state index in [1.807, 2.05) is 31.2 Å². The Morgan fingerprint density at radius 1 is 1.09 bits per heavy atom. The van der Waals surface area contributed by atoms with Gasteiger partial charge in [0.25, 0.3) is 0 Å². The highest BCUT2D eigenvalue weighted by atomic mass is 32.2. The molecule has 0 saturated heterocycles. The zero-order valence-electron chi connectivity index (χ0n) is 18.2. The number of nitrogens with zero attached hydrogens (tertiary/aromatic N) is 1. The van der Waals surface area contributed by atoms with E-state index in [2.05, 4.69) is 35.5 Å². The minimum atomic E-state index is -0.927. The van der Waals surface area contributed by atoms with Crippen molar-refractivity contribution in [2.24, 2.45) is 0 Å². The minimum absolute atomic E-state index is 0.0331. The number of nitrogens with one attached hydrogen (secondary N) is 2. The maximum atomic E-state index is 15.2. The molecule has 4 rings (SSSR count). The summed E-state index contributed by atoms with van der Waals surface area (Å²) in [6, 6.07) is 12.1. The Hall–Kier alpha value is -3.19. The molecule has 2 aromatic carbocycles. The van der Waals surface area contributed by atoms with E-state index >= 15 is 4.39 Å². The van der Waals surface area contributed by atoms with Crippen LogP contribution in [0, 0.1) is 18.6 Å². The van der Waals surface area contributed by atoms with Gasteiger partial charge in [-0.05, 0) is 65.7 Å². The van der Waals surface area contributed by atoms with Crippen LogP contribution in [0.3, 0.4) is 0 Å². The molecule has 2 N–H and O–H groups in total. The standard InChI is InChI=1S/C25H23F2N3OS/c1-14-11-17-18(13-29-24(17)28-12-14)23(31)21-19(26)9-10-20(22(21)27)30-32-16-7-5-15(6-8-16)25(2,3)4/h5-13,30H,1-4H3,(H,28,29). The van der Waals surface area contributed by atoms with Crippen LogP contribution in [0.2, 0.25) is 0 Å². The molecule has 0 aliphatic rings. The zero-order valence-corrected chi connectivity index (χ0v) is 19.0. The van der Waals surface area contributed by atoms with Crippen molar-refractivity contribution >= 4 is 34.5 Å². The summed E-state index contributed by atoms with van der Waals surface area (Å²) in [4.78, 5) is 21.0. The Bertz CT molecular complexity index is 1310. The molecule has 4 nitrogen and oxygen atoms in total. The molecule has 2 heterocycles. The number of benzene rings is 2. The quantitative estimate of drug-likeness (QED) is 0.259. The van der Waals surface area contributed by atoms with Gasteiger partial charge in [0.1, 0.15) is 11.5 Å². The van der Waals surface area contributed by atoms with Crippen LogP contribution in [0.5, 0.6) is 0 Å². The monoisotopic (exact) mass is 451 g/mol. The van der Waals surface area contributed by atoms with Crippen LogP contribution in [0.25, 0.3) is 11.0 Å². The van der Waals surface area contributed by atoms with Crippen molar-refractivity contribution in [2.45, 2.75) is 38.0 Å². The highest BCUT2D eigenvalue weighted by molar-refractivity contribution is 8.00. The second-order valence-electron chi connectivity index (χ2n) is 8.70. The van der Waals surface area contributed by atoms with E-state index in [1.165, 1.54) is 29.8 Å². The van der Waals surface area contributed by atoms with Gasteiger partial charge in [-0.25, -0.2) is 13.8 Å². The van der Waals surface area contributed by atoms with E-state index in [9.17, 15) is 9.18 Å². The molecule has 0 atom stereocenters. The fourth-order valence-corrected chi connectivity index (χ4v) is 4.06. The second kappa shape index (κ2) is 8.39. The smallest absolute Gasteiger partial charge is 0.201 e. The average Bonchev–Trinajstić information content (AvgIpc) is 3.16. The number of aromatic nitrogens is 2. The van der Waals surface area contributed by atoms with Crippen molar-refractivity contribution in [3.63, 3.8) is 0 Å². The number of aryl methyl sites for hydroxylation is 1. The second-order valence-corrected chi connectivity index (χ2v) is 9.58. The average molecular weight is 452 g/mol. The number of rotatable bonds is 5. The zero-order chi connectivity index (χ0) is 23.0. The van der Waals surface area contributed by atoms with Gasteiger partial charge in [0.2, 0.25) is 5.78 Å². The van der Waals surface area contributed by atoms with Gasteiger partial charge in [0.05, 0.1) is 11.3 Å². The molecule has 0 unspecified atom stereocenters. The summed E-state index contributed by atoms with van der Waals surface area (Å²) in [5, 5.41) is 0.528. The Morgan fingerprint density at radius 2 is 1.81 bits per heavy atom. The molecule has 7 heteroatoms. The normalized spacial score (nSPS) is 11.7. The van der Waals surface area contributed by atoms with Gasteiger partial charge in [-0.15, -0.1) is 0 Å². The lowest BCUT2D eigenvalue weighted by molar-refractivity contribution is 0.103. The lowest BCUT2D eigenvalue weighted by Crippen LogP contribution is -2.10. The van der Waals surface area contributed by atoms with Crippen LogP contribution in [0.1, 0.15) is 47.8 Å². The molecule has 0 fully saturated rings. The molecule has 2 aromatic heterocycles. The van der Waals surface area contributed by atoms with Crippen LogP contribution in [-0.4, -0.2) is 15.8 Å². The van der Waals surface area contributed by atoms with E-state index in [0.717, 1.165) is 16.5 Å². The maximum Gasteiger partial charge on any atom is 0.201 e. The molecule has 32 heavy (non-hydrogen) atoms. The number of anilines is 1. The molecule has 0 aliphatic carbocycles. The largest absolute Gasteiger partial charge is 0.345 e. The van der Waals surface area contributed by atoms with Crippen LogP contribution in [0.4, 0.5) is 14.5 Å². The highest BCUT2D eigenvalue weighted by Crippen LogP contribution is 2.31. The third-order valence-electron chi connectivity index (χ3n) is 5.23. The van der Waals surface area contributed by atoms with Gasteiger partial charge in [0.15, 0.2) is 5.82 Å². The Balaban J connectivity index is 1.61. The molecule has 0 radical (unpaired) electrons. The third kappa shape index (κ3) is 4.25. The summed E-state index contributed by atoms with van der Waals surface area (Å²) in [5.41, 5.74) is 2.17. The topological polar surface area (TPSA) is 57.8 Å². The number of carbonyl (C=O) groups excluding carboxylic acids is 1. The van der Waals surface area contributed by atoms with Gasteiger partial charge in [0, 0.05) is 28.2 Å². The number of pyridine rings is 1. The number of fused-ring (bicyclic) bond motifs is 1. The Labute approximate surface area is 189 Å². The fraction of sp³-hybridized carbons (Fsp3) is 0.200. The molecule has 0 amide bonds. The predicted octanol–water partition coefficient (Wildman–Crippen LogP) is 6.80. The van der Waals surface area contributed by atoms with Crippen LogP contribution in [0.15, 0.2) is 59.8 Å². The van der Waals surface area contributed by atoms with Crippen molar-refractivity contribution in [3.05, 3.63) is 88.7 Å². The number of H-pyrrole nitrogens is 1. The highest BCUT2D eigenvalue weighted by Gasteiger charge is 2.24. The molecule has 0 saturated carbocycles. The number of hydrogen-bond acceptors (Lipinski definition) is 4. The summed E-state index contributed by atoms with van der Waals surface area (Å²) in [7, 11) is 0. The van der Waals surface area contributed by atoms with Gasteiger partial charge in [-0.3, -0.25) is 4.79 Å². The first kappa shape index (κ1) is 22.0.